The van der Waals surface area contributed by atoms with Gasteiger partial charge in [-0.1, -0.05) is 24.0 Å². The number of piperidine rings is 2. The van der Waals surface area contributed by atoms with E-state index in [0.717, 1.165) is 81.3 Å². The minimum Gasteiger partial charge on any atom is -0.453 e. The van der Waals surface area contributed by atoms with Crippen LogP contribution >= 0.6 is 0 Å². The largest absolute Gasteiger partial charge is 0.453 e. The molecule has 3 aliphatic heterocycles. The number of carbonyl (C=O) groups is 3. The van der Waals surface area contributed by atoms with E-state index in [1.807, 2.05) is 60.9 Å². The molecule has 2 saturated carbocycles. The van der Waals surface area contributed by atoms with Gasteiger partial charge in [-0.2, -0.15) is 0 Å². The molecule has 13 nitrogen and oxygen atoms in total. The number of nitrogens with zero attached hydrogens (tertiary/aromatic N) is 4. The molecule has 5 aromatic rings. The van der Waals surface area contributed by atoms with Gasteiger partial charge < -0.3 is 34.4 Å². The third kappa shape index (κ3) is 6.63. The van der Waals surface area contributed by atoms with Crippen LogP contribution < -0.4 is 5.32 Å². The lowest BCUT2D eigenvalue weighted by Gasteiger charge is -2.35. The molecule has 3 amide bonds. The summed E-state index contributed by atoms with van der Waals surface area (Å²) in [6.45, 7) is 6.82. The van der Waals surface area contributed by atoms with Crippen molar-refractivity contribution >= 4 is 50.9 Å². The second-order valence-electron chi connectivity index (χ2n) is 17.4. The number of hydrogen-bond acceptors (Lipinski definition) is 8. The number of alkyl carbamates (subject to hydrolysis) is 1. The molecule has 5 aliphatic rings. The normalized spacial score (nSPS) is 25.8. The first-order valence-corrected chi connectivity index (χ1v) is 20.2. The van der Waals surface area contributed by atoms with Crippen LogP contribution in [0.1, 0.15) is 94.2 Å². The van der Waals surface area contributed by atoms with Crippen LogP contribution in [-0.2, 0) is 19.0 Å². The summed E-state index contributed by atoms with van der Waals surface area (Å²) in [6.07, 6.45) is 4.26. The summed E-state index contributed by atoms with van der Waals surface area (Å²) >= 11 is 0. The van der Waals surface area contributed by atoms with E-state index in [-0.39, 0.29) is 42.1 Å². The zero-order valence-corrected chi connectivity index (χ0v) is 32.6. The zero-order valence-electron chi connectivity index (χ0n) is 32.6. The van der Waals surface area contributed by atoms with Crippen LogP contribution in [0, 0.1) is 29.6 Å². The Morgan fingerprint density at radius 1 is 0.842 bits per heavy atom. The molecule has 3 saturated heterocycles. The first-order chi connectivity index (χ1) is 27.5. The number of hydrogen-bond donors (Lipinski definition) is 3. The van der Waals surface area contributed by atoms with Crippen LogP contribution in [0.25, 0.3) is 32.8 Å². The lowest BCUT2D eigenvalue weighted by molar-refractivity contribution is -0.138. The molecule has 13 heteroatoms. The first kappa shape index (κ1) is 35.8. The van der Waals surface area contributed by atoms with Crippen molar-refractivity contribution in [2.24, 2.45) is 17.8 Å². The van der Waals surface area contributed by atoms with E-state index < -0.39 is 17.7 Å². The van der Waals surface area contributed by atoms with Gasteiger partial charge >= 0.3 is 12.2 Å². The van der Waals surface area contributed by atoms with E-state index in [1.165, 1.54) is 7.11 Å². The fourth-order valence-corrected chi connectivity index (χ4v) is 9.54. The molecule has 3 N–H and O–H groups in total. The van der Waals surface area contributed by atoms with Crippen LogP contribution in [-0.4, -0.2) is 91.9 Å². The number of amides is 3. The molecule has 10 rings (SSSR count). The molecule has 2 aromatic heterocycles. The fraction of sp³-hybridized carbons (Fsp3) is 0.477. The number of H-pyrrole nitrogens is 2. The molecule has 5 heterocycles. The zero-order chi connectivity index (χ0) is 39.2. The summed E-state index contributed by atoms with van der Waals surface area (Å²) in [4.78, 5) is 60.7. The van der Waals surface area contributed by atoms with E-state index in [1.54, 1.807) is 0 Å². The SMILES string of the molecule is COC(=O)N[C@H](C(=O)N1[C@@H]2C[C@@H]2C[C@H]1c1nc2c(ccc3cc(C#Cc4ccc5nc([C@@H]6CC7CC7N6C(=O)OC(C)(C)C)[nH]c5c4)ccc32)[nH]1)C1CCOCC1. The Kier molecular flexibility index (Phi) is 8.48. The number of methoxy groups -OCH3 is 1. The Balaban J connectivity index is 0.880. The number of benzene rings is 3. The maximum Gasteiger partial charge on any atom is 0.411 e. The standard InChI is InChI=1S/C44H47N7O6/c1-44(2,3)57-43(54)51-34-20-28(34)22-36(51)39-45-30-11-8-24(18-32(30)47-39)6-5-23-7-10-29-26(17-23)9-12-31-38(29)48-40(46-31)35-21-27-19-33(27)50(35)41(52)37(49-42(53)55-4)25-13-15-56-16-14-25/h7-12,17-18,25,27-28,33-37H,13-16,19-22H2,1-4H3,(H,45,47)(H,46,48)(H,49,53)/t27-,28?,33-,34?,35+,36+,37+/m1/s1. The Bertz CT molecular complexity index is 2500. The van der Waals surface area contributed by atoms with E-state index >= 15 is 0 Å². The molecule has 2 aliphatic carbocycles. The van der Waals surface area contributed by atoms with Gasteiger partial charge in [-0.05, 0) is 119 Å². The van der Waals surface area contributed by atoms with Crippen molar-refractivity contribution in [3.63, 3.8) is 0 Å². The number of imidazole rings is 2. The van der Waals surface area contributed by atoms with Crippen molar-refractivity contribution < 1.29 is 28.6 Å². The monoisotopic (exact) mass is 769 g/mol. The molecule has 294 valence electrons. The van der Waals surface area contributed by atoms with Gasteiger partial charge in [-0.15, -0.1) is 0 Å². The first-order valence-electron chi connectivity index (χ1n) is 20.2. The maximum atomic E-state index is 14.3. The summed E-state index contributed by atoms with van der Waals surface area (Å²) in [5, 5.41) is 4.89. The summed E-state index contributed by atoms with van der Waals surface area (Å²) < 4.78 is 16.2. The number of likely N-dealkylation sites (tertiary alicyclic amines) is 2. The predicted molar refractivity (Wildman–Crippen MR) is 212 cm³/mol. The lowest BCUT2D eigenvalue weighted by Crippen LogP contribution is -2.54. The highest BCUT2D eigenvalue weighted by Crippen LogP contribution is 2.55. The van der Waals surface area contributed by atoms with Crippen molar-refractivity contribution in [2.45, 2.75) is 95.1 Å². The number of rotatable bonds is 5. The minimum absolute atomic E-state index is 0.0207. The van der Waals surface area contributed by atoms with Crippen LogP contribution in [0.2, 0.25) is 0 Å². The molecule has 2 unspecified atom stereocenters. The molecule has 0 radical (unpaired) electrons. The van der Waals surface area contributed by atoms with Gasteiger partial charge in [-0.25, -0.2) is 19.6 Å². The molecular weight excluding hydrogens is 723 g/mol. The van der Waals surface area contributed by atoms with Gasteiger partial charge in [0.15, 0.2) is 0 Å². The number of aromatic nitrogens is 4. The molecule has 0 spiro atoms. The van der Waals surface area contributed by atoms with Crippen molar-refractivity contribution in [1.29, 1.82) is 0 Å². The van der Waals surface area contributed by atoms with E-state index in [0.29, 0.717) is 37.9 Å². The topological polar surface area (TPSA) is 155 Å². The third-order valence-electron chi connectivity index (χ3n) is 12.5. The van der Waals surface area contributed by atoms with Crippen molar-refractivity contribution in [1.82, 2.24) is 35.1 Å². The number of fused-ring (bicyclic) bond motifs is 6. The molecule has 5 fully saturated rings. The Hall–Kier alpha value is -5.61. The third-order valence-corrected chi connectivity index (χ3v) is 12.5. The van der Waals surface area contributed by atoms with Crippen molar-refractivity contribution in [3.05, 3.63) is 71.3 Å². The van der Waals surface area contributed by atoms with Gasteiger partial charge in [0.1, 0.15) is 23.3 Å². The smallest absolute Gasteiger partial charge is 0.411 e. The van der Waals surface area contributed by atoms with Gasteiger partial charge in [-0.3, -0.25) is 9.69 Å². The number of aromatic amines is 2. The summed E-state index contributed by atoms with van der Waals surface area (Å²) in [5.41, 5.74) is 4.68. The summed E-state index contributed by atoms with van der Waals surface area (Å²) in [6, 6.07) is 15.6. The molecule has 7 atom stereocenters. The van der Waals surface area contributed by atoms with Crippen LogP contribution in [0.4, 0.5) is 9.59 Å². The second-order valence-corrected chi connectivity index (χ2v) is 17.4. The summed E-state index contributed by atoms with van der Waals surface area (Å²) in [5.74, 6) is 9.07. The fourth-order valence-electron chi connectivity index (χ4n) is 9.54. The van der Waals surface area contributed by atoms with E-state index in [9.17, 15) is 14.4 Å². The van der Waals surface area contributed by atoms with Gasteiger partial charge in [0.2, 0.25) is 5.91 Å². The average molecular weight is 770 g/mol. The van der Waals surface area contributed by atoms with Crippen LogP contribution in [0.15, 0.2) is 48.5 Å². The molecular formula is C44H47N7O6. The Morgan fingerprint density at radius 2 is 1.51 bits per heavy atom. The Labute approximate surface area is 330 Å². The highest BCUT2D eigenvalue weighted by atomic mass is 16.6. The summed E-state index contributed by atoms with van der Waals surface area (Å²) in [7, 11) is 1.32. The van der Waals surface area contributed by atoms with E-state index in [4.69, 9.17) is 24.2 Å². The number of ether oxygens (including phenoxy) is 3. The van der Waals surface area contributed by atoms with Crippen molar-refractivity contribution in [2.75, 3.05) is 20.3 Å². The maximum absolute atomic E-state index is 14.3. The Morgan fingerprint density at radius 3 is 2.25 bits per heavy atom. The molecule has 57 heavy (non-hydrogen) atoms. The average Bonchev–Trinajstić information content (AvgIpc) is 3.85. The molecule has 3 aromatic carbocycles. The number of carbonyl (C=O) groups excluding carboxylic acids is 3. The van der Waals surface area contributed by atoms with Gasteiger partial charge in [0, 0.05) is 41.8 Å². The van der Waals surface area contributed by atoms with E-state index in [2.05, 4.69) is 45.3 Å². The lowest BCUT2D eigenvalue weighted by atomic mass is 9.90. The van der Waals surface area contributed by atoms with Gasteiger partial charge in [0.05, 0.1) is 41.3 Å². The van der Waals surface area contributed by atoms with Crippen LogP contribution in [0.3, 0.4) is 0 Å². The van der Waals surface area contributed by atoms with Gasteiger partial charge in [0.25, 0.3) is 0 Å². The highest BCUT2D eigenvalue weighted by molar-refractivity contribution is 6.04. The van der Waals surface area contributed by atoms with Crippen LogP contribution in [0.5, 0.6) is 0 Å². The highest BCUT2D eigenvalue weighted by Gasteiger charge is 2.57. The number of nitrogens with one attached hydrogen (secondary N) is 3. The quantitative estimate of drug-likeness (QED) is 0.164. The minimum atomic E-state index is -0.675. The second kappa shape index (κ2) is 13.5. The predicted octanol–water partition coefficient (Wildman–Crippen LogP) is 6.88. The molecule has 0 bridgehead atoms. The van der Waals surface area contributed by atoms with Crippen molar-refractivity contribution in [3.8, 4) is 11.8 Å².